The second kappa shape index (κ2) is 16.2. The van der Waals surface area contributed by atoms with Crippen molar-refractivity contribution in [1.29, 1.82) is 0 Å². The molecule has 0 unspecified atom stereocenters. The highest BCUT2D eigenvalue weighted by molar-refractivity contribution is 7.88. The van der Waals surface area contributed by atoms with E-state index in [-0.39, 0.29) is 31.9 Å². The van der Waals surface area contributed by atoms with Crippen molar-refractivity contribution in [1.82, 2.24) is 4.90 Å². The first-order chi connectivity index (χ1) is 23.3. The Bertz CT molecular complexity index is 1870. The monoisotopic (exact) mass is 699 g/mol. The van der Waals surface area contributed by atoms with Gasteiger partial charge in [-0.25, -0.2) is 9.59 Å². The van der Waals surface area contributed by atoms with Gasteiger partial charge in [-0.3, -0.25) is 4.79 Å². The van der Waals surface area contributed by atoms with E-state index in [1.165, 1.54) is 18.7 Å². The molecule has 258 valence electrons. The lowest BCUT2D eigenvalue weighted by Gasteiger charge is -2.24. The van der Waals surface area contributed by atoms with Crippen molar-refractivity contribution in [3.8, 4) is 17.2 Å². The highest BCUT2D eigenvalue weighted by Crippen LogP contribution is 2.32. The van der Waals surface area contributed by atoms with Crippen LogP contribution in [0.3, 0.4) is 0 Å². The predicted molar refractivity (Wildman–Crippen MR) is 171 cm³/mol. The molecule has 0 fully saturated rings. The number of amides is 1. The molecule has 4 aromatic rings. The Morgan fingerprint density at radius 1 is 0.694 bits per heavy atom. The zero-order chi connectivity index (χ0) is 35.6. The number of hydrogen-bond acceptors (Lipinski definition) is 9. The van der Waals surface area contributed by atoms with Gasteiger partial charge in [0.15, 0.2) is 5.75 Å². The number of nitrogens with zero attached hydrogens (tertiary/aromatic N) is 1. The van der Waals surface area contributed by atoms with Crippen LogP contribution in [0.4, 0.5) is 13.2 Å². The highest BCUT2D eigenvalue weighted by atomic mass is 32.2. The van der Waals surface area contributed by atoms with Gasteiger partial charge in [0.1, 0.15) is 17.1 Å². The van der Waals surface area contributed by atoms with Crippen LogP contribution in [-0.4, -0.2) is 49.9 Å². The number of ether oxygens (including phenoxy) is 3. The Morgan fingerprint density at radius 2 is 1.20 bits per heavy atom. The number of esters is 2. The van der Waals surface area contributed by atoms with Gasteiger partial charge in [0.2, 0.25) is 5.91 Å². The number of para-hydroxylation sites is 1. The van der Waals surface area contributed by atoms with Gasteiger partial charge in [-0.05, 0) is 66.9 Å². The third-order valence-electron chi connectivity index (χ3n) is 6.87. The lowest BCUT2D eigenvalue weighted by Crippen LogP contribution is -2.32. The Hall–Kier alpha value is -5.37. The van der Waals surface area contributed by atoms with Crippen molar-refractivity contribution in [3.05, 3.63) is 125 Å². The van der Waals surface area contributed by atoms with Crippen molar-refractivity contribution >= 4 is 28.0 Å². The Labute approximate surface area is 281 Å². The standard InChI is InChI=1S/C35H32F3NO9S/c1-3-45-33(41)29-21-31(48-49(43,44)35(36,37)38)30(34(42)46-4-2)19-26(29)20-32(40)39(22-24-11-7-5-8-12-24)23-25-15-17-28(18-16-25)47-27-13-9-6-10-14-27/h5-19,21H,3-4,20,22-23H2,1-2H3. The summed E-state index contributed by atoms with van der Waals surface area (Å²) in [5, 5.41) is 0. The molecule has 0 aliphatic rings. The van der Waals surface area contributed by atoms with E-state index in [1.54, 1.807) is 48.5 Å². The smallest absolute Gasteiger partial charge is 0.462 e. The Kier molecular flexibility index (Phi) is 12.0. The number of carbonyl (C=O) groups excluding carboxylic acids is 3. The number of benzene rings is 4. The average molecular weight is 700 g/mol. The molecule has 49 heavy (non-hydrogen) atoms. The van der Waals surface area contributed by atoms with Gasteiger partial charge in [0.25, 0.3) is 0 Å². The molecular weight excluding hydrogens is 667 g/mol. The molecule has 0 atom stereocenters. The minimum absolute atomic E-state index is 0.101. The first kappa shape index (κ1) is 36.5. The summed E-state index contributed by atoms with van der Waals surface area (Å²) in [5.41, 5.74) is -5.69. The van der Waals surface area contributed by atoms with E-state index in [9.17, 15) is 36.0 Å². The molecule has 0 radical (unpaired) electrons. The maximum Gasteiger partial charge on any atom is 0.534 e. The molecule has 0 aliphatic heterocycles. The minimum Gasteiger partial charge on any atom is -0.462 e. The number of rotatable bonds is 14. The van der Waals surface area contributed by atoms with Crippen molar-refractivity contribution in [2.24, 2.45) is 0 Å². The van der Waals surface area contributed by atoms with Crippen molar-refractivity contribution in [2.75, 3.05) is 13.2 Å². The molecule has 0 aromatic heterocycles. The second-order valence-electron chi connectivity index (χ2n) is 10.4. The first-order valence-corrected chi connectivity index (χ1v) is 16.4. The number of alkyl halides is 3. The summed E-state index contributed by atoms with van der Waals surface area (Å²) in [6, 6.07) is 26.8. The summed E-state index contributed by atoms with van der Waals surface area (Å²) in [4.78, 5) is 41.2. The van der Waals surface area contributed by atoms with Crippen molar-refractivity contribution < 1.29 is 54.4 Å². The average Bonchev–Trinajstić information content (AvgIpc) is 3.06. The fourth-order valence-electron chi connectivity index (χ4n) is 4.59. The van der Waals surface area contributed by atoms with Crippen LogP contribution in [-0.2, 0) is 43.9 Å². The molecule has 0 saturated heterocycles. The van der Waals surface area contributed by atoms with Crippen LogP contribution in [0.25, 0.3) is 0 Å². The summed E-state index contributed by atoms with van der Waals surface area (Å²) in [5.74, 6) is -2.77. The summed E-state index contributed by atoms with van der Waals surface area (Å²) in [6.07, 6.45) is -0.533. The normalized spacial score (nSPS) is 11.4. The molecule has 10 nitrogen and oxygen atoms in total. The van der Waals surface area contributed by atoms with Crippen LogP contribution in [0.1, 0.15) is 51.3 Å². The summed E-state index contributed by atoms with van der Waals surface area (Å²) in [6.45, 7) is 2.74. The van der Waals surface area contributed by atoms with Crippen LogP contribution in [0.15, 0.2) is 97.1 Å². The van der Waals surface area contributed by atoms with Gasteiger partial charge in [-0.15, -0.1) is 0 Å². The molecule has 0 bridgehead atoms. The van der Waals surface area contributed by atoms with Crippen LogP contribution < -0.4 is 8.92 Å². The molecule has 4 aromatic carbocycles. The van der Waals surface area contributed by atoms with Crippen LogP contribution in [0.2, 0.25) is 0 Å². The largest absolute Gasteiger partial charge is 0.534 e. The second-order valence-corrected chi connectivity index (χ2v) is 11.9. The van der Waals surface area contributed by atoms with E-state index in [0.29, 0.717) is 17.6 Å². The summed E-state index contributed by atoms with van der Waals surface area (Å²) in [7, 11) is -6.26. The van der Waals surface area contributed by atoms with Crippen LogP contribution >= 0.6 is 0 Å². The van der Waals surface area contributed by atoms with E-state index in [2.05, 4.69) is 4.18 Å². The zero-order valence-corrected chi connectivity index (χ0v) is 27.3. The van der Waals surface area contributed by atoms with Gasteiger partial charge in [-0.1, -0.05) is 60.7 Å². The maximum absolute atomic E-state index is 14.0. The SMILES string of the molecule is CCOC(=O)c1cc(OS(=O)(=O)C(F)(F)F)c(C(=O)OCC)cc1CC(=O)N(Cc1ccccc1)Cc1ccc(Oc2ccccc2)cc1. The molecule has 0 aliphatic carbocycles. The molecule has 1 amide bonds. The third kappa shape index (κ3) is 9.83. The number of halogens is 3. The van der Waals surface area contributed by atoms with Crippen molar-refractivity contribution in [2.45, 2.75) is 38.9 Å². The fraction of sp³-hybridized carbons (Fsp3) is 0.229. The van der Waals surface area contributed by atoms with Crippen LogP contribution in [0, 0.1) is 0 Å². The lowest BCUT2D eigenvalue weighted by molar-refractivity contribution is -0.131. The van der Waals surface area contributed by atoms with E-state index in [1.807, 2.05) is 36.4 Å². The van der Waals surface area contributed by atoms with E-state index in [0.717, 1.165) is 17.2 Å². The molecule has 0 heterocycles. The first-order valence-electron chi connectivity index (χ1n) is 15.0. The quantitative estimate of drug-likeness (QED) is 0.0791. The lowest BCUT2D eigenvalue weighted by atomic mass is 9.99. The van der Waals surface area contributed by atoms with E-state index in [4.69, 9.17) is 14.2 Å². The van der Waals surface area contributed by atoms with Gasteiger partial charge < -0.3 is 23.3 Å². The Balaban J connectivity index is 1.71. The highest BCUT2D eigenvalue weighted by Gasteiger charge is 2.49. The predicted octanol–water partition coefficient (Wildman–Crippen LogP) is 6.83. The molecule has 0 spiro atoms. The summed E-state index contributed by atoms with van der Waals surface area (Å²) < 4.78 is 83.5. The maximum atomic E-state index is 14.0. The van der Waals surface area contributed by atoms with Crippen LogP contribution in [0.5, 0.6) is 17.2 Å². The number of hydrogen-bond donors (Lipinski definition) is 0. The molecule has 0 saturated carbocycles. The van der Waals surface area contributed by atoms with E-state index >= 15 is 0 Å². The number of carbonyl (C=O) groups is 3. The molecule has 4 rings (SSSR count). The Morgan fingerprint density at radius 3 is 1.76 bits per heavy atom. The minimum atomic E-state index is -6.26. The fourth-order valence-corrected chi connectivity index (χ4v) is 5.06. The molecule has 14 heteroatoms. The van der Waals surface area contributed by atoms with Gasteiger partial charge >= 0.3 is 27.6 Å². The van der Waals surface area contributed by atoms with Gasteiger partial charge in [-0.2, -0.15) is 21.6 Å². The molecular formula is C35H32F3NO9S. The van der Waals surface area contributed by atoms with Gasteiger partial charge in [0, 0.05) is 13.1 Å². The van der Waals surface area contributed by atoms with Crippen molar-refractivity contribution in [3.63, 3.8) is 0 Å². The molecule has 0 N–H and O–H groups in total. The summed E-state index contributed by atoms with van der Waals surface area (Å²) >= 11 is 0. The zero-order valence-electron chi connectivity index (χ0n) is 26.4. The topological polar surface area (TPSA) is 126 Å². The van der Waals surface area contributed by atoms with E-state index < -0.39 is 56.8 Å². The van der Waals surface area contributed by atoms with Gasteiger partial charge in [0.05, 0.1) is 25.2 Å². The third-order valence-corrected chi connectivity index (χ3v) is 7.83.